The first-order chi connectivity index (χ1) is 19.5. The summed E-state index contributed by atoms with van der Waals surface area (Å²) < 4.78 is 16.7. The van der Waals surface area contributed by atoms with Crippen LogP contribution in [0.2, 0.25) is 0 Å². The number of carbonyl (C=O) groups is 5. The first-order valence-corrected chi connectivity index (χ1v) is 13.7. The molecule has 2 aliphatic rings. The lowest BCUT2D eigenvalue weighted by atomic mass is 10.0. The summed E-state index contributed by atoms with van der Waals surface area (Å²) in [4.78, 5) is 55.1. The summed E-state index contributed by atoms with van der Waals surface area (Å²) in [5.41, 5.74) is 7.23. The van der Waals surface area contributed by atoms with Gasteiger partial charge in [-0.3, -0.25) is 19.3 Å². The van der Waals surface area contributed by atoms with Gasteiger partial charge in [0.1, 0.15) is 18.6 Å². The minimum atomic E-state index is -1.14. The van der Waals surface area contributed by atoms with Gasteiger partial charge in [0, 0.05) is 30.6 Å². The number of nitrogens with two attached hydrogens (primary N) is 1. The zero-order valence-electron chi connectivity index (χ0n) is 24.1. The minimum Gasteiger partial charge on any atom is -0.479 e. The summed E-state index contributed by atoms with van der Waals surface area (Å²) in [7, 11) is 0. The molecule has 0 bridgehead atoms. The fraction of sp³-hybridized carbons (Fsp3) is 0.552. The van der Waals surface area contributed by atoms with Gasteiger partial charge >= 0.3 is 11.9 Å². The summed E-state index contributed by atoms with van der Waals surface area (Å²) in [6, 6.07) is 5.61. The van der Waals surface area contributed by atoms with Gasteiger partial charge in [-0.2, -0.15) is 0 Å². The second kappa shape index (κ2) is 18.7. The number of carboxylic acid groups (broad SMARTS) is 1. The Morgan fingerprint density at radius 3 is 2.37 bits per heavy atom. The fourth-order valence-electron chi connectivity index (χ4n) is 3.69. The average Bonchev–Trinajstić information content (AvgIpc) is 3.26. The highest BCUT2D eigenvalue weighted by molar-refractivity contribution is 6.13. The maximum absolute atomic E-state index is 11.8. The molecular weight excluding hydrogens is 536 g/mol. The van der Waals surface area contributed by atoms with E-state index in [1.54, 1.807) is 13.8 Å². The molecule has 1 fully saturated rings. The number of aldehydes is 1. The van der Waals surface area contributed by atoms with Crippen LogP contribution >= 0.6 is 0 Å². The number of amides is 2. The summed E-state index contributed by atoms with van der Waals surface area (Å²) in [6.07, 6.45) is 2.77. The number of imide groups is 1. The van der Waals surface area contributed by atoms with Crippen molar-refractivity contribution in [2.45, 2.75) is 84.9 Å². The van der Waals surface area contributed by atoms with Crippen molar-refractivity contribution in [3.63, 3.8) is 0 Å². The lowest BCUT2D eigenvalue weighted by Gasteiger charge is -2.31. The van der Waals surface area contributed by atoms with Crippen LogP contribution in [0.25, 0.3) is 0 Å². The van der Waals surface area contributed by atoms with Crippen molar-refractivity contribution in [2.24, 2.45) is 11.7 Å². The van der Waals surface area contributed by atoms with Crippen molar-refractivity contribution >= 4 is 30.0 Å². The van der Waals surface area contributed by atoms with E-state index in [2.05, 4.69) is 0 Å². The molecule has 2 aliphatic heterocycles. The number of carboxylic acids is 1. The van der Waals surface area contributed by atoms with Crippen LogP contribution in [0.4, 0.5) is 0 Å². The number of hydrogen-bond acceptors (Lipinski definition) is 10. The largest absolute Gasteiger partial charge is 0.479 e. The van der Waals surface area contributed by atoms with Gasteiger partial charge in [-0.25, -0.2) is 4.79 Å². The molecule has 3 rings (SSSR count). The normalized spacial score (nSPS) is 19.6. The predicted molar refractivity (Wildman–Crippen MR) is 149 cm³/mol. The number of carbonyl (C=O) groups excluding carboxylic acids is 4. The molecule has 3 unspecified atom stereocenters. The van der Waals surface area contributed by atoms with E-state index < -0.39 is 36.3 Å². The lowest BCUT2D eigenvalue weighted by Crippen LogP contribution is -2.42. The molecule has 2 amide bonds. The molecule has 0 saturated carbocycles. The zero-order valence-corrected chi connectivity index (χ0v) is 24.1. The third-order valence-electron chi connectivity index (χ3n) is 5.85. The van der Waals surface area contributed by atoms with E-state index in [1.807, 2.05) is 32.0 Å². The number of aliphatic carboxylic acids is 1. The molecular formula is C29H42N2O10. The topological polar surface area (TPSA) is 183 Å². The van der Waals surface area contributed by atoms with Crippen molar-refractivity contribution in [1.82, 2.24) is 4.90 Å². The molecule has 1 aromatic rings. The van der Waals surface area contributed by atoms with Gasteiger partial charge in [-0.15, -0.1) is 0 Å². The Morgan fingerprint density at radius 2 is 1.80 bits per heavy atom. The number of rotatable bonds is 12. The van der Waals surface area contributed by atoms with Crippen LogP contribution in [0.3, 0.4) is 0 Å². The Balaban J connectivity index is 0.000000584. The molecule has 0 radical (unpaired) electrons. The smallest absolute Gasteiger partial charge is 0.333 e. The molecule has 12 nitrogen and oxygen atoms in total. The predicted octanol–water partition coefficient (Wildman–Crippen LogP) is 2.13. The van der Waals surface area contributed by atoms with E-state index >= 15 is 0 Å². The van der Waals surface area contributed by atoms with Gasteiger partial charge in [0.25, 0.3) is 11.8 Å². The first kappa shape index (κ1) is 35.4. The monoisotopic (exact) mass is 578 g/mol. The first-order valence-electron chi connectivity index (χ1n) is 13.7. The Kier molecular flexibility index (Phi) is 16.1. The number of hydrogen-bond donors (Lipinski definition) is 3. The third kappa shape index (κ3) is 12.2. The highest BCUT2D eigenvalue weighted by Crippen LogP contribution is 2.28. The van der Waals surface area contributed by atoms with E-state index in [9.17, 15) is 34.2 Å². The highest BCUT2D eigenvalue weighted by atomic mass is 16.7. The summed E-state index contributed by atoms with van der Waals surface area (Å²) in [5.74, 6) is -2.09. The zero-order chi connectivity index (χ0) is 30.9. The van der Waals surface area contributed by atoms with Crippen molar-refractivity contribution in [1.29, 1.82) is 0 Å². The highest BCUT2D eigenvalue weighted by Gasteiger charge is 2.34. The maximum atomic E-state index is 11.8. The van der Waals surface area contributed by atoms with Crippen LogP contribution in [0.5, 0.6) is 5.75 Å². The minimum absolute atomic E-state index is 0.0210. The van der Waals surface area contributed by atoms with E-state index in [4.69, 9.17) is 19.9 Å². The third-order valence-corrected chi connectivity index (χ3v) is 5.85. The van der Waals surface area contributed by atoms with Crippen molar-refractivity contribution in [3.05, 3.63) is 41.5 Å². The quantitative estimate of drug-likeness (QED) is 0.143. The number of aliphatic hydroxyl groups excluding tert-OH is 1. The van der Waals surface area contributed by atoms with Crippen LogP contribution in [0, 0.1) is 5.92 Å². The van der Waals surface area contributed by atoms with Crippen molar-refractivity contribution in [2.75, 3.05) is 13.1 Å². The second-order valence-corrected chi connectivity index (χ2v) is 9.37. The average molecular weight is 579 g/mol. The van der Waals surface area contributed by atoms with E-state index in [1.165, 1.54) is 0 Å². The number of esters is 1. The Labute approximate surface area is 240 Å². The number of nitrogens with zero attached hydrogens (tertiary/aromatic N) is 1. The number of benzene rings is 1. The Hall–Kier alpha value is -3.61. The molecule has 1 aromatic carbocycles. The van der Waals surface area contributed by atoms with Crippen molar-refractivity contribution < 1.29 is 48.4 Å². The van der Waals surface area contributed by atoms with Gasteiger partial charge in [0.2, 0.25) is 6.29 Å². The van der Waals surface area contributed by atoms with Gasteiger partial charge in [-0.1, -0.05) is 39.8 Å². The molecule has 228 valence electrons. The molecule has 12 heteroatoms. The van der Waals surface area contributed by atoms with E-state index in [0.29, 0.717) is 24.1 Å². The number of unbranched alkanes of at least 4 members (excludes halogenated alkanes) is 1. The van der Waals surface area contributed by atoms with Crippen LogP contribution in [0.1, 0.15) is 64.5 Å². The van der Waals surface area contributed by atoms with Gasteiger partial charge in [-0.05, 0) is 37.4 Å². The Morgan fingerprint density at radius 1 is 1.15 bits per heavy atom. The summed E-state index contributed by atoms with van der Waals surface area (Å²) >= 11 is 0. The van der Waals surface area contributed by atoms with Crippen LogP contribution in [0.15, 0.2) is 30.4 Å². The number of aryl methyl sites for hydroxylation is 1. The molecule has 4 N–H and O–H groups in total. The fourth-order valence-corrected chi connectivity index (χ4v) is 3.69. The van der Waals surface area contributed by atoms with Crippen molar-refractivity contribution in [3.8, 4) is 5.75 Å². The summed E-state index contributed by atoms with van der Waals surface area (Å²) in [6.45, 7) is 8.02. The molecule has 0 aliphatic carbocycles. The van der Waals surface area contributed by atoms with Crippen LogP contribution in [-0.2, 0) is 46.5 Å². The van der Waals surface area contributed by atoms with Gasteiger partial charge in [0.05, 0.1) is 18.6 Å². The molecule has 1 saturated heterocycles. The van der Waals surface area contributed by atoms with E-state index in [-0.39, 0.29) is 37.9 Å². The molecule has 3 atom stereocenters. The standard InChI is InChI=1S/C21H31NO7.C6H5NO3.C2H6/c1-13(2)21(26)27-12-15-7-6-14(5-3-4-8-22)9-17(15)28-19-11-16(23)10-18(29-19)20(24)25;8-4-3-7-5(9)1-2-6(7)10;1-2/h6-7,9,13,16,18-19,23H,3-5,8,10-12,22H2,1-2H3,(H,24,25);1-2,4H,3H2;1-2H3. The lowest BCUT2D eigenvalue weighted by molar-refractivity contribution is -0.195. The van der Waals surface area contributed by atoms with E-state index in [0.717, 1.165) is 41.9 Å². The molecule has 0 spiro atoms. The Bertz CT molecular complexity index is 1040. The van der Waals surface area contributed by atoms with Crippen LogP contribution in [-0.4, -0.2) is 76.7 Å². The SMILES string of the molecule is CC.CC(C)C(=O)OCc1ccc(CCCCN)cc1OC1CC(O)CC(C(=O)O)O1.O=CCN1C(=O)C=CC1=O. The van der Waals surface area contributed by atoms with Crippen LogP contribution < -0.4 is 10.5 Å². The maximum Gasteiger partial charge on any atom is 0.333 e. The van der Waals surface area contributed by atoms with Gasteiger partial charge < -0.3 is 35.0 Å². The molecule has 41 heavy (non-hydrogen) atoms. The van der Waals surface area contributed by atoms with Gasteiger partial charge in [0.15, 0.2) is 6.10 Å². The number of ether oxygens (including phenoxy) is 3. The number of aliphatic hydroxyl groups is 1. The summed E-state index contributed by atoms with van der Waals surface area (Å²) in [5, 5.41) is 19.2. The second-order valence-electron chi connectivity index (χ2n) is 9.37. The molecule has 0 aromatic heterocycles. The molecule has 2 heterocycles.